The smallest absolute Gasteiger partial charge is 0.224 e. The number of H-pyrrole nitrogens is 1. The fraction of sp³-hybridized carbons (Fsp3) is 0.125. The Morgan fingerprint density at radius 3 is 2.90 bits per heavy atom. The lowest BCUT2D eigenvalue weighted by atomic mass is 10.1. The van der Waals surface area contributed by atoms with Crippen LogP contribution in [-0.4, -0.2) is 15.9 Å². The number of hydrogen-bond acceptors (Lipinski definition) is 2. The molecule has 0 saturated heterocycles. The molecule has 0 aliphatic rings. The second-order valence-electron chi connectivity index (χ2n) is 4.78. The third-order valence-corrected chi connectivity index (χ3v) is 3.31. The molecule has 4 nitrogen and oxygen atoms in total. The van der Waals surface area contributed by atoms with Gasteiger partial charge < -0.3 is 10.3 Å². The summed E-state index contributed by atoms with van der Waals surface area (Å²) in [5, 5.41) is 3.83. The summed E-state index contributed by atoms with van der Waals surface area (Å²) in [4.78, 5) is 18.6. The van der Waals surface area contributed by atoms with Crippen molar-refractivity contribution in [2.24, 2.45) is 0 Å². The highest BCUT2D eigenvalue weighted by atomic mass is 19.1. The predicted molar refractivity (Wildman–Crippen MR) is 79.4 cm³/mol. The second-order valence-corrected chi connectivity index (χ2v) is 4.78. The Morgan fingerprint density at radius 1 is 1.24 bits per heavy atom. The maximum atomic E-state index is 12.7. The molecule has 106 valence electrons. The van der Waals surface area contributed by atoms with Crippen molar-refractivity contribution < 1.29 is 9.18 Å². The van der Waals surface area contributed by atoms with Crippen molar-refractivity contribution in [3.63, 3.8) is 0 Å². The summed E-state index contributed by atoms with van der Waals surface area (Å²) in [7, 11) is 0. The van der Waals surface area contributed by atoms with E-state index in [1.165, 1.54) is 18.3 Å². The van der Waals surface area contributed by atoms with Gasteiger partial charge in [0, 0.05) is 23.5 Å². The number of aryl methyl sites for hydroxylation is 1. The van der Waals surface area contributed by atoms with Gasteiger partial charge in [-0.05, 0) is 30.2 Å². The third-order valence-electron chi connectivity index (χ3n) is 3.31. The van der Waals surface area contributed by atoms with Crippen LogP contribution in [0.5, 0.6) is 0 Å². The molecule has 0 radical (unpaired) electrons. The first-order valence-corrected chi connectivity index (χ1v) is 6.69. The van der Waals surface area contributed by atoms with Gasteiger partial charge >= 0.3 is 0 Å². The zero-order valence-electron chi connectivity index (χ0n) is 11.3. The number of anilines is 1. The molecule has 1 amide bonds. The lowest BCUT2D eigenvalue weighted by molar-refractivity contribution is -0.116. The fourth-order valence-electron chi connectivity index (χ4n) is 2.26. The summed E-state index contributed by atoms with van der Waals surface area (Å²) in [5.74, 6) is -0.680. The Labute approximate surface area is 121 Å². The second kappa shape index (κ2) is 5.75. The number of carbonyl (C=O) groups is 1. The first-order valence-electron chi connectivity index (χ1n) is 6.69. The standard InChI is InChI=1S/C16H14FN3O/c17-15-7-6-12(10-19-15)20-16(21)8-5-11-9-18-14-4-2-1-3-13(11)14/h1-4,6-7,9-10,18H,5,8H2,(H,20,21). The van der Waals surface area contributed by atoms with E-state index in [0.29, 0.717) is 18.5 Å². The van der Waals surface area contributed by atoms with Gasteiger partial charge in [-0.1, -0.05) is 18.2 Å². The Morgan fingerprint density at radius 2 is 2.10 bits per heavy atom. The van der Waals surface area contributed by atoms with Crippen LogP contribution in [-0.2, 0) is 11.2 Å². The number of carbonyl (C=O) groups excluding carboxylic acids is 1. The lowest BCUT2D eigenvalue weighted by Crippen LogP contribution is -2.12. The minimum Gasteiger partial charge on any atom is -0.361 e. The van der Waals surface area contributed by atoms with Crippen molar-refractivity contribution in [2.75, 3.05) is 5.32 Å². The molecule has 0 saturated carbocycles. The van der Waals surface area contributed by atoms with E-state index in [1.54, 1.807) is 0 Å². The number of rotatable bonds is 4. The molecular weight excluding hydrogens is 269 g/mol. The highest BCUT2D eigenvalue weighted by molar-refractivity contribution is 5.91. The number of fused-ring (bicyclic) bond motifs is 1. The molecular formula is C16H14FN3O. The van der Waals surface area contributed by atoms with Crippen molar-refractivity contribution in [3.05, 3.63) is 60.3 Å². The van der Waals surface area contributed by atoms with Crippen LogP contribution < -0.4 is 5.32 Å². The Kier molecular flexibility index (Phi) is 3.64. The number of hydrogen-bond donors (Lipinski definition) is 2. The summed E-state index contributed by atoms with van der Waals surface area (Å²) in [6, 6.07) is 10.7. The van der Waals surface area contributed by atoms with Crippen LogP contribution in [0.3, 0.4) is 0 Å². The Balaban J connectivity index is 1.62. The number of nitrogens with one attached hydrogen (secondary N) is 2. The van der Waals surface area contributed by atoms with E-state index in [-0.39, 0.29) is 5.91 Å². The molecule has 1 aromatic carbocycles. The molecule has 0 fully saturated rings. The zero-order valence-corrected chi connectivity index (χ0v) is 11.3. The number of nitrogens with zero attached hydrogens (tertiary/aromatic N) is 1. The van der Waals surface area contributed by atoms with Crippen LogP contribution in [0.4, 0.5) is 10.1 Å². The summed E-state index contributed by atoms with van der Waals surface area (Å²) in [5.41, 5.74) is 2.67. The largest absolute Gasteiger partial charge is 0.361 e. The fourth-order valence-corrected chi connectivity index (χ4v) is 2.26. The SMILES string of the molecule is O=C(CCc1c[nH]c2ccccc12)Nc1ccc(F)nc1. The molecule has 0 spiro atoms. The van der Waals surface area contributed by atoms with Gasteiger partial charge in [0.1, 0.15) is 0 Å². The number of benzene rings is 1. The van der Waals surface area contributed by atoms with Crippen molar-refractivity contribution >= 4 is 22.5 Å². The molecule has 2 aromatic heterocycles. The molecule has 2 N–H and O–H groups in total. The summed E-state index contributed by atoms with van der Waals surface area (Å²) >= 11 is 0. The molecule has 21 heavy (non-hydrogen) atoms. The first-order chi connectivity index (χ1) is 10.2. The summed E-state index contributed by atoms with van der Waals surface area (Å²) < 4.78 is 12.7. The molecule has 3 rings (SSSR count). The minimum atomic E-state index is -0.563. The van der Waals surface area contributed by atoms with Gasteiger partial charge in [-0.25, -0.2) is 4.98 Å². The van der Waals surface area contributed by atoms with E-state index < -0.39 is 5.95 Å². The van der Waals surface area contributed by atoms with Crippen LogP contribution >= 0.6 is 0 Å². The number of aromatic amines is 1. The quantitative estimate of drug-likeness (QED) is 0.722. The molecule has 0 aliphatic heterocycles. The molecule has 3 aromatic rings. The van der Waals surface area contributed by atoms with Gasteiger partial charge in [0.25, 0.3) is 0 Å². The van der Waals surface area contributed by atoms with Crippen molar-refractivity contribution in [1.82, 2.24) is 9.97 Å². The van der Waals surface area contributed by atoms with Crippen LogP contribution in [0, 0.1) is 5.95 Å². The number of halogens is 1. The Bertz CT molecular complexity index is 765. The van der Waals surface area contributed by atoms with E-state index in [1.807, 2.05) is 30.5 Å². The minimum absolute atomic E-state index is 0.117. The normalized spacial score (nSPS) is 10.7. The van der Waals surface area contributed by atoms with Gasteiger partial charge in [-0.3, -0.25) is 4.79 Å². The van der Waals surface area contributed by atoms with Gasteiger partial charge in [0.2, 0.25) is 11.9 Å². The first kappa shape index (κ1) is 13.3. The van der Waals surface area contributed by atoms with Crippen LogP contribution in [0.15, 0.2) is 48.8 Å². The van der Waals surface area contributed by atoms with Gasteiger partial charge in [0.05, 0.1) is 11.9 Å². The maximum absolute atomic E-state index is 12.7. The van der Waals surface area contributed by atoms with Crippen molar-refractivity contribution in [1.29, 1.82) is 0 Å². The summed E-state index contributed by atoms with van der Waals surface area (Å²) in [6.45, 7) is 0. The Hall–Kier alpha value is -2.69. The van der Waals surface area contributed by atoms with Gasteiger partial charge in [-0.15, -0.1) is 0 Å². The number of amides is 1. The topological polar surface area (TPSA) is 57.8 Å². The maximum Gasteiger partial charge on any atom is 0.224 e. The molecule has 0 unspecified atom stereocenters. The van der Waals surface area contributed by atoms with E-state index in [2.05, 4.69) is 15.3 Å². The van der Waals surface area contributed by atoms with E-state index in [9.17, 15) is 9.18 Å². The molecule has 2 heterocycles. The number of para-hydroxylation sites is 1. The molecule has 0 atom stereocenters. The van der Waals surface area contributed by atoms with Crippen molar-refractivity contribution in [3.8, 4) is 0 Å². The number of pyridine rings is 1. The molecule has 0 bridgehead atoms. The van der Waals surface area contributed by atoms with E-state index >= 15 is 0 Å². The number of aromatic nitrogens is 2. The van der Waals surface area contributed by atoms with Gasteiger partial charge in [0.15, 0.2) is 0 Å². The highest BCUT2D eigenvalue weighted by Crippen LogP contribution is 2.19. The summed E-state index contributed by atoms with van der Waals surface area (Å²) in [6.07, 6.45) is 4.24. The average Bonchev–Trinajstić information content (AvgIpc) is 2.91. The lowest BCUT2D eigenvalue weighted by Gasteiger charge is -2.04. The average molecular weight is 283 g/mol. The van der Waals surface area contributed by atoms with Crippen molar-refractivity contribution in [2.45, 2.75) is 12.8 Å². The van der Waals surface area contributed by atoms with Crippen LogP contribution in [0.25, 0.3) is 10.9 Å². The molecule has 5 heteroatoms. The van der Waals surface area contributed by atoms with E-state index in [4.69, 9.17) is 0 Å². The van der Waals surface area contributed by atoms with Crippen LogP contribution in [0.1, 0.15) is 12.0 Å². The highest BCUT2D eigenvalue weighted by Gasteiger charge is 2.07. The third kappa shape index (κ3) is 3.08. The predicted octanol–water partition coefficient (Wildman–Crippen LogP) is 3.27. The monoisotopic (exact) mass is 283 g/mol. The van der Waals surface area contributed by atoms with E-state index in [0.717, 1.165) is 16.5 Å². The molecule has 0 aliphatic carbocycles. The van der Waals surface area contributed by atoms with Gasteiger partial charge in [-0.2, -0.15) is 4.39 Å². The zero-order chi connectivity index (χ0) is 14.7. The van der Waals surface area contributed by atoms with Crippen LogP contribution in [0.2, 0.25) is 0 Å².